The fraction of sp³-hybridized carbons (Fsp3) is 0.294. The van der Waals surface area contributed by atoms with Crippen molar-refractivity contribution in [3.63, 3.8) is 0 Å². The number of hydrogen-bond donors (Lipinski definition) is 1. The molecule has 2 heterocycles. The topological polar surface area (TPSA) is 58.6 Å². The molecule has 1 aliphatic rings. The Morgan fingerprint density at radius 1 is 1.35 bits per heavy atom. The number of nitrogens with zero attached hydrogens (tertiary/aromatic N) is 1. The molecular formula is C17H18N2O3S. The van der Waals surface area contributed by atoms with Gasteiger partial charge in [-0.05, 0) is 53.4 Å². The molecule has 0 aliphatic carbocycles. The van der Waals surface area contributed by atoms with Gasteiger partial charge < -0.3 is 15.0 Å². The maximum atomic E-state index is 12.6. The second-order valence-corrected chi connectivity index (χ2v) is 6.19. The Labute approximate surface area is 138 Å². The van der Waals surface area contributed by atoms with Crippen LogP contribution >= 0.6 is 11.3 Å². The van der Waals surface area contributed by atoms with Gasteiger partial charge in [0.15, 0.2) is 0 Å². The van der Waals surface area contributed by atoms with Crippen LogP contribution < -0.4 is 5.32 Å². The van der Waals surface area contributed by atoms with Crippen molar-refractivity contribution in [2.45, 2.75) is 18.9 Å². The van der Waals surface area contributed by atoms with Crippen molar-refractivity contribution >= 4 is 29.0 Å². The minimum absolute atomic E-state index is 0.130. The number of hydrogen-bond acceptors (Lipinski definition) is 4. The molecule has 5 nitrogen and oxygen atoms in total. The van der Waals surface area contributed by atoms with E-state index in [-0.39, 0.29) is 12.1 Å². The Hall–Kier alpha value is -2.34. The number of ether oxygens (including phenoxy) is 1. The number of nitrogens with one attached hydrogen (secondary N) is 1. The first-order valence-corrected chi connectivity index (χ1v) is 8.41. The molecule has 0 saturated carbocycles. The molecule has 1 N–H and O–H groups in total. The number of urea groups is 1. The number of likely N-dealkylation sites (tertiary alicyclic amines) is 1. The lowest BCUT2D eigenvalue weighted by Crippen LogP contribution is -2.34. The predicted octanol–water partition coefficient (Wildman–Crippen LogP) is 3.90. The summed E-state index contributed by atoms with van der Waals surface area (Å²) in [5.74, 6) is -0.418. The van der Waals surface area contributed by atoms with Crippen LogP contribution in [0.3, 0.4) is 0 Å². The summed E-state index contributed by atoms with van der Waals surface area (Å²) >= 11 is 1.64. The van der Waals surface area contributed by atoms with E-state index in [0.717, 1.165) is 19.4 Å². The number of methoxy groups -OCH3 is 1. The van der Waals surface area contributed by atoms with E-state index in [1.807, 2.05) is 10.3 Å². The Balaban J connectivity index is 1.73. The van der Waals surface area contributed by atoms with Gasteiger partial charge in [-0.15, -0.1) is 0 Å². The second-order valence-electron chi connectivity index (χ2n) is 5.41. The molecular weight excluding hydrogens is 312 g/mol. The highest BCUT2D eigenvalue weighted by Crippen LogP contribution is 2.33. The number of thiophene rings is 1. The quantitative estimate of drug-likeness (QED) is 0.868. The molecule has 0 spiro atoms. The van der Waals surface area contributed by atoms with Gasteiger partial charge in [0.05, 0.1) is 18.7 Å². The van der Waals surface area contributed by atoms with Gasteiger partial charge in [-0.1, -0.05) is 6.07 Å². The molecule has 0 bridgehead atoms. The van der Waals surface area contributed by atoms with Gasteiger partial charge >= 0.3 is 12.0 Å². The third-order valence-corrected chi connectivity index (χ3v) is 4.68. The van der Waals surface area contributed by atoms with Gasteiger partial charge in [0.25, 0.3) is 0 Å². The zero-order valence-corrected chi connectivity index (χ0v) is 13.6. The van der Waals surface area contributed by atoms with Crippen molar-refractivity contribution in [2.75, 3.05) is 19.0 Å². The largest absolute Gasteiger partial charge is 0.465 e. The highest BCUT2D eigenvalue weighted by atomic mass is 32.1. The molecule has 0 unspecified atom stereocenters. The van der Waals surface area contributed by atoms with Crippen molar-refractivity contribution in [1.29, 1.82) is 0 Å². The summed E-state index contributed by atoms with van der Waals surface area (Å²) < 4.78 is 4.70. The minimum atomic E-state index is -0.418. The van der Waals surface area contributed by atoms with Crippen LogP contribution in [0.1, 0.15) is 34.8 Å². The maximum Gasteiger partial charge on any atom is 0.337 e. The Bertz CT molecular complexity index is 700. The summed E-state index contributed by atoms with van der Waals surface area (Å²) in [6.45, 7) is 0.739. The van der Waals surface area contributed by atoms with Crippen LogP contribution in [0.4, 0.5) is 10.5 Å². The summed E-state index contributed by atoms with van der Waals surface area (Å²) in [6, 6.07) is 8.83. The Morgan fingerprint density at radius 3 is 2.96 bits per heavy atom. The molecule has 6 heteroatoms. The minimum Gasteiger partial charge on any atom is -0.465 e. The van der Waals surface area contributed by atoms with E-state index in [0.29, 0.717) is 11.3 Å². The van der Waals surface area contributed by atoms with Gasteiger partial charge in [0.2, 0.25) is 0 Å². The molecule has 3 rings (SSSR count). The van der Waals surface area contributed by atoms with Crippen molar-refractivity contribution in [2.24, 2.45) is 0 Å². The normalized spacial score (nSPS) is 17.1. The molecule has 0 radical (unpaired) electrons. The molecule has 1 saturated heterocycles. The molecule has 1 aliphatic heterocycles. The lowest BCUT2D eigenvalue weighted by molar-refractivity contribution is 0.0600. The van der Waals surface area contributed by atoms with E-state index in [2.05, 4.69) is 16.8 Å². The van der Waals surface area contributed by atoms with Gasteiger partial charge in [-0.3, -0.25) is 0 Å². The van der Waals surface area contributed by atoms with Crippen LogP contribution in [0.2, 0.25) is 0 Å². The number of amides is 2. The average Bonchev–Trinajstić information content (AvgIpc) is 3.24. The number of rotatable bonds is 3. The summed E-state index contributed by atoms with van der Waals surface area (Å²) in [4.78, 5) is 26.0. The zero-order chi connectivity index (χ0) is 16.2. The van der Waals surface area contributed by atoms with Crippen molar-refractivity contribution < 1.29 is 14.3 Å². The molecule has 1 aromatic carbocycles. The number of carbonyl (C=O) groups is 2. The first-order valence-electron chi connectivity index (χ1n) is 7.47. The summed E-state index contributed by atoms with van der Waals surface area (Å²) in [7, 11) is 1.34. The van der Waals surface area contributed by atoms with Gasteiger partial charge in [-0.2, -0.15) is 11.3 Å². The number of carbonyl (C=O) groups excluding carboxylic acids is 2. The van der Waals surface area contributed by atoms with Crippen LogP contribution in [-0.4, -0.2) is 30.6 Å². The molecule has 2 aromatic rings. The molecule has 1 fully saturated rings. The maximum absolute atomic E-state index is 12.6. The second kappa shape index (κ2) is 6.83. The van der Waals surface area contributed by atoms with E-state index in [1.165, 1.54) is 12.7 Å². The van der Waals surface area contributed by atoms with E-state index < -0.39 is 5.97 Å². The van der Waals surface area contributed by atoms with Crippen molar-refractivity contribution in [3.05, 3.63) is 52.2 Å². The van der Waals surface area contributed by atoms with Gasteiger partial charge in [0, 0.05) is 12.2 Å². The van der Waals surface area contributed by atoms with E-state index >= 15 is 0 Å². The standard InChI is InChI=1S/C17H18N2O3S/c1-22-16(20)12-4-2-5-14(10-12)18-17(21)19-8-3-6-15(19)13-7-9-23-11-13/h2,4-5,7,9-11,15H,3,6,8H2,1H3,(H,18,21)/t15-/m1/s1. The SMILES string of the molecule is COC(=O)c1cccc(NC(=O)N2CCC[C@@H]2c2ccsc2)c1. The smallest absolute Gasteiger partial charge is 0.337 e. The predicted molar refractivity (Wildman–Crippen MR) is 89.8 cm³/mol. The fourth-order valence-corrected chi connectivity index (χ4v) is 3.57. The summed E-state index contributed by atoms with van der Waals surface area (Å²) in [5.41, 5.74) is 2.20. The summed E-state index contributed by atoms with van der Waals surface area (Å²) in [6.07, 6.45) is 1.97. The molecule has 2 amide bonds. The Morgan fingerprint density at radius 2 is 2.22 bits per heavy atom. The lowest BCUT2D eigenvalue weighted by atomic mass is 10.1. The van der Waals surface area contributed by atoms with Crippen LogP contribution in [0.15, 0.2) is 41.1 Å². The number of benzene rings is 1. The van der Waals surface area contributed by atoms with Crippen molar-refractivity contribution in [1.82, 2.24) is 4.90 Å². The van der Waals surface area contributed by atoms with Crippen LogP contribution in [0.25, 0.3) is 0 Å². The van der Waals surface area contributed by atoms with E-state index in [9.17, 15) is 9.59 Å². The van der Waals surface area contributed by atoms with Crippen LogP contribution in [-0.2, 0) is 4.74 Å². The monoisotopic (exact) mass is 330 g/mol. The average molecular weight is 330 g/mol. The van der Waals surface area contributed by atoms with Gasteiger partial charge in [0.1, 0.15) is 0 Å². The first kappa shape index (κ1) is 15.6. The zero-order valence-electron chi connectivity index (χ0n) is 12.8. The lowest BCUT2D eigenvalue weighted by Gasteiger charge is -2.24. The molecule has 23 heavy (non-hydrogen) atoms. The van der Waals surface area contributed by atoms with E-state index in [1.54, 1.807) is 35.6 Å². The highest BCUT2D eigenvalue weighted by Gasteiger charge is 2.30. The first-order chi connectivity index (χ1) is 11.2. The fourth-order valence-electron chi connectivity index (χ4n) is 2.86. The highest BCUT2D eigenvalue weighted by molar-refractivity contribution is 7.08. The summed E-state index contributed by atoms with van der Waals surface area (Å²) in [5, 5.41) is 7.00. The third kappa shape index (κ3) is 3.37. The molecule has 1 atom stereocenters. The molecule has 1 aromatic heterocycles. The van der Waals surface area contributed by atoms with Crippen molar-refractivity contribution in [3.8, 4) is 0 Å². The van der Waals surface area contributed by atoms with Crippen LogP contribution in [0.5, 0.6) is 0 Å². The van der Waals surface area contributed by atoms with Crippen LogP contribution in [0, 0.1) is 0 Å². The third-order valence-electron chi connectivity index (χ3n) is 3.98. The van der Waals surface area contributed by atoms with E-state index in [4.69, 9.17) is 4.74 Å². The number of esters is 1. The number of anilines is 1. The molecule has 120 valence electrons. The Kier molecular flexibility index (Phi) is 4.62. The van der Waals surface area contributed by atoms with Gasteiger partial charge in [-0.25, -0.2) is 9.59 Å².